The average Bonchev–Trinajstić information content (AvgIpc) is 2.72. The van der Waals surface area contributed by atoms with E-state index < -0.39 is 5.91 Å². The van der Waals surface area contributed by atoms with Crippen LogP contribution < -0.4 is 11.1 Å². The summed E-state index contributed by atoms with van der Waals surface area (Å²) in [5.74, 6) is -1.09. The van der Waals surface area contributed by atoms with Crippen molar-refractivity contribution in [3.63, 3.8) is 0 Å². The van der Waals surface area contributed by atoms with Crippen LogP contribution in [0.5, 0.6) is 0 Å². The summed E-state index contributed by atoms with van der Waals surface area (Å²) in [5, 5.41) is 6.21. The van der Waals surface area contributed by atoms with E-state index in [1.165, 1.54) is 0 Å². The maximum atomic E-state index is 11.8. The Kier molecular flexibility index (Phi) is 4.05. The number of aromatic nitrogens is 2. The number of primary amides is 1. The number of nitrogens with two attached hydrogens (primary N) is 1. The van der Waals surface area contributed by atoms with Crippen molar-refractivity contribution in [1.29, 1.82) is 0 Å². The molecule has 0 fully saturated rings. The van der Waals surface area contributed by atoms with E-state index in [1.807, 2.05) is 27.7 Å². The zero-order chi connectivity index (χ0) is 13.9. The molecule has 0 radical (unpaired) electrons. The molecule has 0 bridgehead atoms. The highest BCUT2D eigenvalue weighted by atomic mass is 16.5. The molecule has 2 amide bonds. The Bertz CT molecular complexity index is 447. The summed E-state index contributed by atoms with van der Waals surface area (Å²) in [6, 6.07) is 0. The average molecular weight is 254 g/mol. The SMILES string of the molecule is CC(C(=O)NCc1noc(C(N)=O)n1)C(C)(C)C. The first kappa shape index (κ1) is 14.1. The maximum absolute atomic E-state index is 11.8. The van der Waals surface area contributed by atoms with E-state index in [9.17, 15) is 9.59 Å². The largest absolute Gasteiger partial charge is 0.361 e. The Morgan fingerprint density at radius 2 is 2.06 bits per heavy atom. The normalized spacial score (nSPS) is 13.1. The zero-order valence-corrected chi connectivity index (χ0v) is 11.0. The second-order valence-electron chi connectivity index (χ2n) is 5.19. The van der Waals surface area contributed by atoms with Gasteiger partial charge in [-0.15, -0.1) is 0 Å². The molecule has 7 nitrogen and oxygen atoms in total. The van der Waals surface area contributed by atoms with Crippen molar-refractivity contribution in [3.05, 3.63) is 11.7 Å². The monoisotopic (exact) mass is 254 g/mol. The van der Waals surface area contributed by atoms with Crippen molar-refractivity contribution < 1.29 is 14.1 Å². The molecule has 100 valence electrons. The Morgan fingerprint density at radius 3 is 2.50 bits per heavy atom. The molecular weight excluding hydrogens is 236 g/mol. The lowest BCUT2D eigenvalue weighted by molar-refractivity contribution is -0.127. The molecule has 1 atom stereocenters. The summed E-state index contributed by atoms with van der Waals surface area (Å²) >= 11 is 0. The van der Waals surface area contributed by atoms with Gasteiger partial charge >= 0.3 is 11.8 Å². The van der Waals surface area contributed by atoms with Gasteiger partial charge in [-0.3, -0.25) is 9.59 Å². The molecule has 1 rings (SSSR count). The fourth-order valence-electron chi connectivity index (χ4n) is 1.14. The number of carbonyl (C=O) groups excluding carboxylic acids is 2. The highest BCUT2D eigenvalue weighted by Gasteiger charge is 2.26. The van der Waals surface area contributed by atoms with E-state index in [-0.39, 0.29) is 35.5 Å². The van der Waals surface area contributed by atoms with Gasteiger partial charge in [0.15, 0.2) is 5.82 Å². The van der Waals surface area contributed by atoms with Gasteiger partial charge in [0.1, 0.15) is 0 Å². The molecule has 0 aliphatic heterocycles. The van der Waals surface area contributed by atoms with Gasteiger partial charge in [-0.2, -0.15) is 4.98 Å². The van der Waals surface area contributed by atoms with Crippen molar-refractivity contribution in [2.75, 3.05) is 0 Å². The van der Waals surface area contributed by atoms with E-state index in [1.54, 1.807) is 0 Å². The van der Waals surface area contributed by atoms with E-state index in [0.29, 0.717) is 0 Å². The fourth-order valence-corrected chi connectivity index (χ4v) is 1.14. The zero-order valence-electron chi connectivity index (χ0n) is 11.0. The number of nitrogens with zero attached hydrogens (tertiary/aromatic N) is 2. The Balaban J connectivity index is 2.55. The van der Waals surface area contributed by atoms with Gasteiger partial charge in [0.05, 0.1) is 6.54 Å². The third-order valence-electron chi connectivity index (χ3n) is 2.79. The molecule has 3 N–H and O–H groups in total. The van der Waals surface area contributed by atoms with Crippen LogP contribution in [0.3, 0.4) is 0 Å². The van der Waals surface area contributed by atoms with Gasteiger partial charge in [-0.05, 0) is 5.41 Å². The minimum Gasteiger partial charge on any atom is -0.361 e. The predicted octanol–water partition coefficient (Wildman–Crippen LogP) is 0.467. The minimum absolute atomic E-state index is 0.104. The van der Waals surface area contributed by atoms with Gasteiger partial charge in [-0.25, -0.2) is 0 Å². The highest BCUT2D eigenvalue weighted by molar-refractivity contribution is 5.87. The molecule has 18 heavy (non-hydrogen) atoms. The van der Waals surface area contributed by atoms with Gasteiger partial charge in [0.25, 0.3) is 0 Å². The quantitative estimate of drug-likeness (QED) is 0.811. The second-order valence-corrected chi connectivity index (χ2v) is 5.19. The van der Waals surface area contributed by atoms with Gasteiger partial charge in [-0.1, -0.05) is 32.9 Å². The standard InChI is InChI=1S/C11H18N4O3/c1-6(11(2,3)4)9(17)13-5-7-14-10(8(12)16)18-15-7/h6H,5H2,1-4H3,(H2,12,16)(H,13,17). The summed E-state index contributed by atoms with van der Waals surface area (Å²) in [6.45, 7) is 7.90. The van der Waals surface area contributed by atoms with E-state index >= 15 is 0 Å². The summed E-state index contributed by atoms with van der Waals surface area (Å²) in [6.07, 6.45) is 0. The van der Waals surface area contributed by atoms with Crippen LogP contribution in [0.15, 0.2) is 4.52 Å². The Morgan fingerprint density at radius 1 is 1.44 bits per heavy atom. The summed E-state index contributed by atoms with van der Waals surface area (Å²) < 4.78 is 4.60. The first-order valence-corrected chi connectivity index (χ1v) is 5.62. The Hall–Kier alpha value is -1.92. The first-order valence-electron chi connectivity index (χ1n) is 5.62. The van der Waals surface area contributed by atoms with Crippen LogP contribution in [-0.4, -0.2) is 22.0 Å². The van der Waals surface area contributed by atoms with E-state index in [0.717, 1.165) is 0 Å². The lowest BCUT2D eigenvalue weighted by Gasteiger charge is -2.25. The topological polar surface area (TPSA) is 111 Å². The molecule has 0 spiro atoms. The van der Waals surface area contributed by atoms with Crippen molar-refractivity contribution in [2.45, 2.75) is 34.2 Å². The van der Waals surface area contributed by atoms with Crippen molar-refractivity contribution in [3.8, 4) is 0 Å². The molecule has 0 aromatic carbocycles. The molecule has 1 unspecified atom stereocenters. The summed E-state index contributed by atoms with van der Waals surface area (Å²) in [7, 11) is 0. The number of carbonyl (C=O) groups is 2. The molecule has 1 aromatic rings. The van der Waals surface area contributed by atoms with Crippen molar-refractivity contribution in [1.82, 2.24) is 15.5 Å². The minimum atomic E-state index is -0.789. The van der Waals surface area contributed by atoms with E-state index in [2.05, 4.69) is 20.0 Å². The molecule has 0 saturated carbocycles. The van der Waals surface area contributed by atoms with Crippen molar-refractivity contribution >= 4 is 11.8 Å². The third-order valence-corrected chi connectivity index (χ3v) is 2.79. The third kappa shape index (κ3) is 3.54. The highest BCUT2D eigenvalue weighted by Crippen LogP contribution is 2.25. The number of hydrogen-bond donors (Lipinski definition) is 2. The second kappa shape index (κ2) is 5.16. The van der Waals surface area contributed by atoms with Crippen LogP contribution in [0.1, 0.15) is 44.2 Å². The van der Waals surface area contributed by atoms with Crippen molar-refractivity contribution in [2.24, 2.45) is 17.1 Å². The molecule has 0 saturated heterocycles. The fraction of sp³-hybridized carbons (Fsp3) is 0.636. The predicted molar refractivity (Wildman–Crippen MR) is 63.3 cm³/mol. The number of amides is 2. The van der Waals surface area contributed by atoms with Gasteiger partial charge in [0.2, 0.25) is 5.91 Å². The van der Waals surface area contributed by atoms with Crippen LogP contribution >= 0.6 is 0 Å². The number of nitrogens with one attached hydrogen (secondary N) is 1. The van der Waals surface area contributed by atoms with Gasteiger partial charge < -0.3 is 15.6 Å². The van der Waals surface area contributed by atoms with Crippen LogP contribution in [0.4, 0.5) is 0 Å². The lowest BCUT2D eigenvalue weighted by Crippen LogP contribution is -2.36. The molecule has 7 heteroatoms. The van der Waals surface area contributed by atoms with Gasteiger partial charge in [0, 0.05) is 5.92 Å². The molecule has 0 aliphatic rings. The molecule has 1 aromatic heterocycles. The molecular formula is C11H18N4O3. The summed E-state index contributed by atoms with van der Waals surface area (Å²) in [5.41, 5.74) is 4.84. The number of hydrogen-bond acceptors (Lipinski definition) is 5. The molecule has 1 heterocycles. The lowest BCUT2D eigenvalue weighted by atomic mass is 9.81. The van der Waals surface area contributed by atoms with Crippen LogP contribution in [0.2, 0.25) is 0 Å². The first-order chi connectivity index (χ1) is 8.21. The number of rotatable bonds is 4. The maximum Gasteiger partial charge on any atom is 0.315 e. The molecule has 0 aliphatic carbocycles. The van der Waals surface area contributed by atoms with Crippen LogP contribution in [-0.2, 0) is 11.3 Å². The summed E-state index contributed by atoms with van der Waals surface area (Å²) in [4.78, 5) is 26.3. The van der Waals surface area contributed by atoms with Crippen LogP contribution in [0.25, 0.3) is 0 Å². The van der Waals surface area contributed by atoms with E-state index in [4.69, 9.17) is 5.73 Å². The smallest absolute Gasteiger partial charge is 0.315 e. The van der Waals surface area contributed by atoms with Crippen LogP contribution in [0, 0.1) is 11.3 Å². The Labute approximate surface area is 105 Å².